The second-order valence-electron chi connectivity index (χ2n) is 3.15. The van der Waals surface area contributed by atoms with Crippen LogP contribution in [-0.4, -0.2) is 24.2 Å². The monoisotopic (exact) mass is 158 g/mol. The summed E-state index contributed by atoms with van der Waals surface area (Å²) in [6, 6.07) is 0. The number of rotatable bonds is 0. The Balaban J connectivity index is 1.95. The van der Waals surface area contributed by atoms with Crippen LogP contribution in [-0.2, 0) is 4.74 Å². The van der Waals surface area contributed by atoms with E-state index in [4.69, 9.17) is 4.74 Å². The Kier molecular flexibility index (Phi) is 2.19. The van der Waals surface area contributed by atoms with Gasteiger partial charge in [-0.3, -0.25) is 0 Å². The van der Waals surface area contributed by atoms with Crippen LogP contribution in [0.5, 0.6) is 0 Å². The molecule has 2 aliphatic heterocycles. The maximum atomic E-state index is 5.62. The largest absolute Gasteiger partial charge is 0.378 e. The fraction of sp³-hybridized carbons (Fsp3) is 1.00. The third kappa shape index (κ3) is 1.32. The second kappa shape index (κ2) is 3.14. The molecule has 2 atom stereocenters. The van der Waals surface area contributed by atoms with E-state index in [1.807, 2.05) is 0 Å². The minimum Gasteiger partial charge on any atom is -0.378 e. The first-order chi connectivity index (χ1) is 4.97. The summed E-state index contributed by atoms with van der Waals surface area (Å²) in [5, 5.41) is 0. The molecule has 58 valence electrons. The lowest BCUT2D eigenvalue weighted by atomic mass is 9.97. The molecule has 2 aliphatic rings. The van der Waals surface area contributed by atoms with Gasteiger partial charge in [-0.05, 0) is 36.7 Å². The SMILES string of the molecule is C1CC2CCSCCC2O1. The van der Waals surface area contributed by atoms with Crippen LogP contribution in [0.1, 0.15) is 19.3 Å². The summed E-state index contributed by atoms with van der Waals surface area (Å²) in [4.78, 5) is 0. The zero-order chi connectivity index (χ0) is 6.81. The van der Waals surface area contributed by atoms with Crippen LogP contribution >= 0.6 is 11.8 Å². The molecule has 0 aromatic carbocycles. The molecule has 0 N–H and O–H groups in total. The fourth-order valence-electron chi connectivity index (χ4n) is 1.88. The average molecular weight is 158 g/mol. The molecule has 2 heteroatoms. The quantitative estimate of drug-likeness (QED) is 0.532. The third-order valence-electron chi connectivity index (χ3n) is 2.53. The number of hydrogen-bond acceptors (Lipinski definition) is 2. The minimum absolute atomic E-state index is 0.634. The molecule has 0 aromatic rings. The first kappa shape index (κ1) is 6.99. The van der Waals surface area contributed by atoms with Crippen molar-refractivity contribution in [3.63, 3.8) is 0 Å². The number of hydrogen-bond donors (Lipinski definition) is 0. The van der Waals surface area contributed by atoms with Crippen LogP contribution in [0.3, 0.4) is 0 Å². The zero-order valence-electron chi connectivity index (χ0n) is 6.21. The molecule has 2 fully saturated rings. The predicted molar refractivity (Wildman–Crippen MR) is 44.4 cm³/mol. The summed E-state index contributed by atoms with van der Waals surface area (Å²) < 4.78 is 5.62. The van der Waals surface area contributed by atoms with Gasteiger partial charge < -0.3 is 4.74 Å². The van der Waals surface area contributed by atoms with Gasteiger partial charge in [0.2, 0.25) is 0 Å². The van der Waals surface area contributed by atoms with Crippen LogP contribution < -0.4 is 0 Å². The molecule has 2 unspecified atom stereocenters. The Morgan fingerprint density at radius 2 is 2.00 bits per heavy atom. The topological polar surface area (TPSA) is 9.23 Å². The highest BCUT2D eigenvalue weighted by Crippen LogP contribution is 2.31. The van der Waals surface area contributed by atoms with E-state index >= 15 is 0 Å². The number of ether oxygens (including phenoxy) is 1. The standard InChI is InChI=1S/C8H14OS/c1-4-9-8-3-6-10-5-2-7(1)8/h7-8H,1-6H2. The van der Waals surface area contributed by atoms with Crippen molar-refractivity contribution in [2.24, 2.45) is 5.92 Å². The highest BCUT2D eigenvalue weighted by Gasteiger charge is 2.28. The molecule has 0 aliphatic carbocycles. The van der Waals surface area contributed by atoms with Gasteiger partial charge in [-0.25, -0.2) is 0 Å². The van der Waals surface area contributed by atoms with Crippen LogP contribution in [0.25, 0.3) is 0 Å². The van der Waals surface area contributed by atoms with Gasteiger partial charge in [-0.15, -0.1) is 0 Å². The third-order valence-corrected chi connectivity index (χ3v) is 3.57. The van der Waals surface area contributed by atoms with Gasteiger partial charge in [0, 0.05) is 6.61 Å². The van der Waals surface area contributed by atoms with Crippen molar-refractivity contribution in [2.45, 2.75) is 25.4 Å². The van der Waals surface area contributed by atoms with Crippen molar-refractivity contribution in [1.82, 2.24) is 0 Å². The van der Waals surface area contributed by atoms with Gasteiger partial charge in [0.15, 0.2) is 0 Å². The Morgan fingerprint density at radius 1 is 1.10 bits per heavy atom. The Morgan fingerprint density at radius 3 is 3.00 bits per heavy atom. The van der Waals surface area contributed by atoms with Crippen molar-refractivity contribution in [3.05, 3.63) is 0 Å². The molecule has 0 bridgehead atoms. The summed E-state index contributed by atoms with van der Waals surface area (Å²) in [7, 11) is 0. The fourth-order valence-corrected chi connectivity index (χ4v) is 2.95. The van der Waals surface area contributed by atoms with E-state index in [0.29, 0.717) is 6.10 Å². The van der Waals surface area contributed by atoms with Crippen LogP contribution in [0.15, 0.2) is 0 Å². The molecular weight excluding hydrogens is 144 g/mol. The molecule has 0 aromatic heterocycles. The molecule has 1 nitrogen and oxygen atoms in total. The molecule has 2 heterocycles. The predicted octanol–water partition coefficient (Wildman–Crippen LogP) is 1.92. The molecule has 0 spiro atoms. The van der Waals surface area contributed by atoms with Gasteiger partial charge in [0.05, 0.1) is 6.10 Å². The van der Waals surface area contributed by atoms with Gasteiger partial charge >= 0.3 is 0 Å². The lowest BCUT2D eigenvalue weighted by molar-refractivity contribution is 0.0890. The smallest absolute Gasteiger partial charge is 0.0612 e. The van der Waals surface area contributed by atoms with E-state index in [1.54, 1.807) is 0 Å². The number of fused-ring (bicyclic) bond motifs is 1. The average Bonchev–Trinajstić information content (AvgIpc) is 2.28. The van der Waals surface area contributed by atoms with E-state index in [9.17, 15) is 0 Å². The lowest BCUT2D eigenvalue weighted by Crippen LogP contribution is -2.14. The highest BCUT2D eigenvalue weighted by atomic mass is 32.2. The molecule has 2 saturated heterocycles. The van der Waals surface area contributed by atoms with Crippen LogP contribution in [0.4, 0.5) is 0 Å². The van der Waals surface area contributed by atoms with Crippen molar-refractivity contribution in [1.29, 1.82) is 0 Å². The summed E-state index contributed by atoms with van der Waals surface area (Å²) in [5.74, 6) is 3.60. The summed E-state index contributed by atoms with van der Waals surface area (Å²) in [6.07, 6.45) is 4.66. The van der Waals surface area contributed by atoms with Gasteiger partial charge in [0.1, 0.15) is 0 Å². The van der Waals surface area contributed by atoms with Gasteiger partial charge in [0.25, 0.3) is 0 Å². The lowest BCUT2D eigenvalue weighted by Gasteiger charge is -2.12. The van der Waals surface area contributed by atoms with Crippen molar-refractivity contribution in [2.75, 3.05) is 18.1 Å². The molecular formula is C8H14OS. The van der Waals surface area contributed by atoms with Crippen molar-refractivity contribution >= 4 is 11.8 Å². The number of thioether (sulfide) groups is 1. The Labute approximate surface area is 66.5 Å². The van der Waals surface area contributed by atoms with Gasteiger partial charge in [-0.2, -0.15) is 11.8 Å². The highest BCUT2D eigenvalue weighted by molar-refractivity contribution is 7.99. The van der Waals surface area contributed by atoms with E-state index in [-0.39, 0.29) is 0 Å². The molecule has 0 saturated carbocycles. The summed E-state index contributed by atoms with van der Waals surface area (Å²) >= 11 is 2.09. The van der Waals surface area contributed by atoms with Crippen LogP contribution in [0.2, 0.25) is 0 Å². The first-order valence-electron chi connectivity index (χ1n) is 4.16. The van der Waals surface area contributed by atoms with Crippen molar-refractivity contribution in [3.8, 4) is 0 Å². The Hall–Kier alpha value is 0.310. The second-order valence-corrected chi connectivity index (χ2v) is 4.37. The minimum atomic E-state index is 0.634. The van der Waals surface area contributed by atoms with E-state index in [1.165, 1.54) is 30.8 Å². The van der Waals surface area contributed by atoms with Crippen LogP contribution in [0, 0.1) is 5.92 Å². The van der Waals surface area contributed by atoms with E-state index < -0.39 is 0 Å². The normalized spacial score (nSPS) is 40.8. The zero-order valence-corrected chi connectivity index (χ0v) is 7.03. The van der Waals surface area contributed by atoms with E-state index in [2.05, 4.69) is 11.8 Å². The maximum absolute atomic E-state index is 5.62. The van der Waals surface area contributed by atoms with Gasteiger partial charge in [-0.1, -0.05) is 0 Å². The Bertz CT molecular complexity index is 104. The summed E-state index contributed by atoms with van der Waals surface area (Å²) in [6.45, 7) is 1.03. The first-order valence-corrected chi connectivity index (χ1v) is 5.31. The van der Waals surface area contributed by atoms with Crippen molar-refractivity contribution < 1.29 is 4.74 Å². The summed E-state index contributed by atoms with van der Waals surface area (Å²) in [5.41, 5.74) is 0. The maximum Gasteiger partial charge on any atom is 0.0612 e. The molecule has 10 heavy (non-hydrogen) atoms. The van der Waals surface area contributed by atoms with E-state index in [0.717, 1.165) is 12.5 Å². The molecule has 2 rings (SSSR count). The molecule has 0 amide bonds. The molecule has 0 radical (unpaired) electrons.